The Hall–Kier alpha value is -2.30. The molecule has 1 N–H and O–H groups in total. The maximum Gasteiger partial charge on any atom is 0.337 e. The molecule has 0 spiro atoms. The van der Waals surface area contributed by atoms with Gasteiger partial charge in [0.25, 0.3) is 0 Å². The minimum absolute atomic E-state index is 0.0948. The number of amides is 1. The Morgan fingerprint density at radius 1 is 1.22 bits per heavy atom. The van der Waals surface area contributed by atoms with E-state index in [0.29, 0.717) is 11.3 Å². The molecule has 122 valence electrons. The van der Waals surface area contributed by atoms with Crippen molar-refractivity contribution in [3.05, 3.63) is 41.1 Å². The number of nitrogens with one attached hydrogen (secondary N) is 1. The maximum absolute atomic E-state index is 12.3. The van der Waals surface area contributed by atoms with Gasteiger partial charge in [0.1, 0.15) is 11.4 Å². The lowest BCUT2D eigenvalue weighted by molar-refractivity contribution is -0.144. The molecule has 23 heavy (non-hydrogen) atoms. The van der Waals surface area contributed by atoms with Gasteiger partial charge in [-0.15, -0.1) is 0 Å². The molecule has 5 heteroatoms. The summed E-state index contributed by atoms with van der Waals surface area (Å²) in [5.74, 6) is 0.0498. The SMILES string of the molecule is CC(C)Oc1ccc([C@@H]2CC(=O)NC3=C2C(=O)OC3(C)C)cc1. The van der Waals surface area contributed by atoms with Crippen molar-refractivity contribution < 1.29 is 19.1 Å². The second-order valence-electron chi connectivity index (χ2n) is 6.73. The summed E-state index contributed by atoms with van der Waals surface area (Å²) < 4.78 is 11.1. The summed E-state index contributed by atoms with van der Waals surface area (Å²) in [6.45, 7) is 7.51. The smallest absolute Gasteiger partial charge is 0.337 e. The molecule has 0 bridgehead atoms. The van der Waals surface area contributed by atoms with Crippen LogP contribution in [0.3, 0.4) is 0 Å². The van der Waals surface area contributed by atoms with Gasteiger partial charge in [0, 0.05) is 12.3 Å². The number of hydrogen-bond donors (Lipinski definition) is 1. The molecule has 0 radical (unpaired) electrons. The van der Waals surface area contributed by atoms with Crippen molar-refractivity contribution in [3.8, 4) is 5.75 Å². The zero-order valence-corrected chi connectivity index (χ0v) is 13.8. The van der Waals surface area contributed by atoms with Gasteiger partial charge < -0.3 is 14.8 Å². The fourth-order valence-electron chi connectivity index (χ4n) is 3.11. The molecule has 0 fully saturated rings. The third-order valence-corrected chi connectivity index (χ3v) is 4.10. The Morgan fingerprint density at radius 3 is 2.48 bits per heavy atom. The molecular weight excluding hydrogens is 294 g/mol. The molecule has 1 atom stereocenters. The van der Waals surface area contributed by atoms with Gasteiger partial charge >= 0.3 is 5.97 Å². The molecule has 1 aromatic carbocycles. The summed E-state index contributed by atoms with van der Waals surface area (Å²) in [6, 6.07) is 7.55. The van der Waals surface area contributed by atoms with E-state index in [1.807, 2.05) is 38.1 Å². The van der Waals surface area contributed by atoms with Gasteiger partial charge in [-0.3, -0.25) is 4.79 Å². The van der Waals surface area contributed by atoms with Crippen molar-refractivity contribution in [2.75, 3.05) is 0 Å². The van der Waals surface area contributed by atoms with Crippen LogP contribution in [0.5, 0.6) is 5.75 Å². The Bertz CT molecular complexity index is 685. The maximum atomic E-state index is 12.3. The van der Waals surface area contributed by atoms with Crippen molar-refractivity contribution in [1.82, 2.24) is 5.32 Å². The summed E-state index contributed by atoms with van der Waals surface area (Å²) in [4.78, 5) is 24.3. The topological polar surface area (TPSA) is 64.6 Å². The van der Waals surface area contributed by atoms with Gasteiger partial charge in [-0.05, 0) is 45.4 Å². The summed E-state index contributed by atoms with van der Waals surface area (Å²) >= 11 is 0. The highest BCUT2D eigenvalue weighted by Crippen LogP contribution is 2.42. The number of rotatable bonds is 3. The lowest BCUT2D eigenvalue weighted by atomic mass is 9.83. The summed E-state index contributed by atoms with van der Waals surface area (Å²) in [5.41, 5.74) is 1.28. The number of carbonyl (C=O) groups excluding carboxylic acids is 2. The number of cyclic esters (lactones) is 1. The van der Waals surface area contributed by atoms with Crippen LogP contribution in [-0.4, -0.2) is 23.6 Å². The van der Waals surface area contributed by atoms with Gasteiger partial charge in [-0.1, -0.05) is 12.1 Å². The molecule has 2 heterocycles. The summed E-state index contributed by atoms with van der Waals surface area (Å²) in [5, 5.41) is 2.81. The molecule has 1 amide bonds. The van der Waals surface area contributed by atoms with Crippen LogP contribution in [0.15, 0.2) is 35.5 Å². The fourth-order valence-corrected chi connectivity index (χ4v) is 3.11. The Kier molecular flexibility index (Phi) is 3.66. The van der Waals surface area contributed by atoms with Crippen LogP contribution in [0.4, 0.5) is 0 Å². The standard InChI is InChI=1S/C18H21NO4/c1-10(2)22-12-7-5-11(6-8-12)13-9-14(20)19-16-15(13)17(21)23-18(16,3)4/h5-8,10,13H,9H2,1-4H3,(H,19,20)/t13-/m0/s1. The highest BCUT2D eigenvalue weighted by Gasteiger charge is 2.47. The van der Waals surface area contributed by atoms with Crippen LogP contribution >= 0.6 is 0 Å². The molecule has 5 nitrogen and oxygen atoms in total. The van der Waals surface area contributed by atoms with E-state index in [2.05, 4.69) is 5.32 Å². The Morgan fingerprint density at radius 2 is 1.87 bits per heavy atom. The van der Waals surface area contributed by atoms with E-state index in [0.717, 1.165) is 11.3 Å². The first-order valence-electron chi connectivity index (χ1n) is 7.82. The van der Waals surface area contributed by atoms with E-state index in [1.165, 1.54) is 0 Å². The largest absolute Gasteiger partial charge is 0.491 e. The number of hydrogen-bond acceptors (Lipinski definition) is 4. The molecule has 2 aliphatic rings. The van der Waals surface area contributed by atoms with Gasteiger partial charge in [-0.25, -0.2) is 4.79 Å². The highest BCUT2D eigenvalue weighted by molar-refractivity contribution is 5.99. The predicted molar refractivity (Wildman–Crippen MR) is 84.9 cm³/mol. The fraction of sp³-hybridized carbons (Fsp3) is 0.444. The molecule has 0 unspecified atom stereocenters. The monoisotopic (exact) mass is 315 g/mol. The van der Waals surface area contributed by atoms with Crippen molar-refractivity contribution in [2.24, 2.45) is 0 Å². The quantitative estimate of drug-likeness (QED) is 0.871. The highest BCUT2D eigenvalue weighted by atomic mass is 16.6. The molecule has 0 saturated carbocycles. The van der Waals surface area contributed by atoms with E-state index in [9.17, 15) is 9.59 Å². The second-order valence-corrected chi connectivity index (χ2v) is 6.73. The van der Waals surface area contributed by atoms with Crippen molar-refractivity contribution in [1.29, 1.82) is 0 Å². The van der Waals surface area contributed by atoms with Crippen molar-refractivity contribution in [2.45, 2.75) is 51.7 Å². The number of esters is 1. The first-order chi connectivity index (χ1) is 10.8. The minimum Gasteiger partial charge on any atom is -0.491 e. The first-order valence-corrected chi connectivity index (χ1v) is 7.82. The van der Waals surface area contributed by atoms with E-state index in [1.54, 1.807) is 13.8 Å². The zero-order chi connectivity index (χ0) is 16.8. The van der Waals surface area contributed by atoms with Crippen molar-refractivity contribution in [3.63, 3.8) is 0 Å². The van der Waals surface area contributed by atoms with E-state index in [-0.39, 0.29) is 30.3 Å². The van der Waals surface area contributed by atoms with Gasteiger partial charge in [0.2, 0.25) is 5.91 Å². The van der Waals surface area contributed by atoms with E-state index < -0.39 is 5.60 Å². The van der Waals surface area contributed by atoms with Crippen LogP contribution in [-0.2, 0) is 14.3 Å². The summed E-state index contributed by atoms with van der Waals surface area (Å²) in [6.07, 6.45) is 0.343. The molecular formula is C18H21NO4. The normalized spacial score (nSPS) is 22.7. The second kappa shape index (κ2) is 5.41. The molecule has 0 saturated heterocycles. The van der Waals surface area contributed by atoms with Crippen LogP contribution in [0.1, 0.15) is 45.6 Å². The van der Waals surface area contributed by atoms with Crippen LogP contribution < -0.4 is 10.1 Å². The number of carbonyl (C=O) groups is 2. The van der Waals surface area contributed by atoms with Crippen LogP contribution in [0, 0.1) is 0 Å². The minimum atomic E-state index is -0.790. The lowest BCUT2D eigenvalue weighted by Gasteiger charge is -2.27. The Balaban J connectivity index is 1.97. The average Bonchev–Trinajstić information content (AvgIpc) is 2.68. The predicted octanol–water partition coefficient (Wildman–Crippen LogP) is 2.67. The zero-order valence-electron chi connectivity index (χ0n) is 13.8. The third-order valence-electron chi connectivity index (χ3n) is 4.10. The Labute approximate surface area is 135 Å². The summed E-state index contributed by atoms with van der Waals surface area (Å²) in [7, 11) is 0. The van der Waals surface area contributed by atoms with E-state index >= 15 is 0 Å². The first kappa shape index (κ1) is 15.6. The molecule has 0 aliphatic carbocycles. The van der Waals surface area contributed by atoms with Gasteiger partial charge in [0.15, 0.2) is 0 Å². The lowest BCUT2D eigenvalue weighted by Crippen LogP contribution is -2.38. The van der Waals surface area contributed by atoms with Crippen molar-refractivity contribution >= 4 is 11.9 Å². The molecule has 3 rings (SSSR count). The van der Waals surface area contributed by atoms with Crippen LogP contribution in [0.2, 0.25) is 0 Å². The number of benzene rings is 1. The molecule has 0 aromatic heterocycles. The molecule has 1 aromatic rings. The average molecular weight is 315 g/mol. The van der Waals surface area contributed by atoms with Gasteiger partial charge in [-0.2, -0.15) is 0 Å². The molecule has 2 aliphatic heterocycles. The van der Waals surface area contributed by atoms with E-state index in [4.69, 9.17) is 9.47 Å². The third kappa shape index (κ3) is 2.83. The van der Waals surface area contributed by atoms with Crippen LogP contribution in [0.25, 0.3) is 0 Å². The van der Waals surface area contributed by atoms with Gasteiger partial charge in [0.05, 0.1) is 17.4 Å². The number of ether oxygens (including phenoxy) is 2.